The molecule has 0 saturated carbocycles. The third kappa shape index (κ3) is 4.43. The second-order valence-corrected chi connectivity index (χ2v) is 7.32. The number of anilines is 1. The number of nitrogens with zero attached hydrogens (tertiary/aromatic N) is 3. The molecule has 1 saturated heterocycles. The van der Waals surface area contributed by atoms with Gasteiger partial charge in [0.15, 0.2) is 5.17 Å². The summed E-state index contributed by atoms with van der Waals surface area (Å²) < 4.78 is 0. The standard InChI is InChI=1S/C20H19N3O3S/c1-13-8-10-15(11-9-13)14(2)21-22-20-23(16-6-4-3-5-7-16)19(26)17(27-20)12-18(24)25/h3-11,17H,12H2,1-2H3,(H,24,25)/b21-14+,22-20+. The molecule has 3 rings (SSSR count). The van der Waals surface area contributed by atoms with E-state index in [4.69, 9.17) is 5.11 Å². The van der Waals surface area contributed by atoms with Crippen molar-refractivity contribution in [2.75, 3.05) is 4.90 Å². The normalized spacial score (nSPS) is 19.0. The molecule has 7 heteroatoms. The molecule has 1 aliphatic heterocycles. The van der Waals surface area contributed by atoms with Crippen molar-refractivity contribution in [1.82, 2.24) is 0 Å². The van der Waals surface area contributed by atoms with Crippen LogP contribution in [0, 0.1) is 6.92 Å². The van der Waals surface area contributed by atoms with Crippen molar-refractivity contribution in [3.8, 4) is 0 Å². The van der Waals surface area contributed by atoms with Crippen molar-refractivity contribution < 1.29 is 14.7 Å². The Morgan fingerprint density at radius 3 is 2.44 bits per heavy atom. The fourth-order valence-electron chi connectivity index (χ4n) is 2.61. The number of carboxylic acids is 1. The maximum Gasteiger partial charge on any atom is 0.305 e. The highest BCUT2D eigenvalue weighted by Crippen LogP contribution is 2.33. The molecular formula is C20H19N3O3S. The minimum atomic E-state index is -1.02. The fraction of sp³-hybridized carbons (Fsp3) is 0.200. The molecule has 1 atom stereocenters. The van der Waals surface area contributed by atoms with Crippen LogP contribution in [0.25, 0.3) is 0 Å². The summed E-state index contributed by atoms with van der Waals surface area (Å²) in [4.78, 5) is 25.2. The molecule has 0 radical (unpaired) electrons. The van der Waals surface area contributed by atoms with E-state index in [1.807, 2.05) is 56.3 Å². The number of aliphatic carboxylic acids is 1. The molecule has 1 heterocycles. The first-order valence-corrected chi connectivity index (χ1v) is 9.30. The minimum Gasteiger partial charge on any atom is -0.481 e. The van der Waals surface area contributed by atoms with E-state index in [-0.39, 0.29) is 12.3 Å². The molecule has 6 nitrogen and oxygen atoms in total. The van der Waals surface area contributed by atoms with Crippen LogP contribution >= 0.6 is 11.8 Å². The highest BCUT2D eigenvalue weighted by molar-refractivity contribution is 8.16. The third-order valence-electron chi connectivity index (χ3n) is 4.06. The smallest absolute Gasteiger partial charge is 0.305 e. The second-order valence-electron chi connectivity index (χ2n) is 6.15. The average Bonchev–Trinajstić information content (AvgIpc) is 2.96. The number of aryl methyl sites for hydroxylation is 1. The Bertz CT molecular complexity index is 908. The average molecular weight is 381 g/mol. The first-order valence-electron chi connectivity index (χ1n) is 8.42. The number of amidine groups is 1. The number of hydrogen-bond donors (Lipinski definition) is 1. The Labute approximate surface area is 161 Å². The van der Waals surface area contributed by atoms with Gasteiger partial charge < -0.3 is 5.11 Å². The van der Waals surface area contributed by atoms with Gasteiger partial charge >= 0.3 is 5.97 Å². The van der Waals surface area contributed by atoms with Gasteiger partial charge in [0.2, 0.25) is 5.91 Å². The lowest BCUT2D eigenvalue weighted by atomic mass is 10.1. The van der Waals surface area contributed by atoms with Crippen molar-refractivity contribution >= 4 is 40.2 Å². The molecule has 0 aromatic heterocycles. The lowest BCUT2D eigenvalue weighted by molar-refractivity contribution is -0.138. The number of carboxylic acid groups (broad SMARTS) is 1. The van der Waals surface area contributed by atoms with E-state index in [2.05, 4.69) is 10.2 Å². The Morgan fingerprint density at radius 1 is 1.15 bits per heavy atom. The van der Waals surface area contributed by atoms with Crippen molar-refractivity contribution in [1.29, 1.82) is 0 Å². The minimum absolute atomic E-state index is 0.257. The van der Waals surface area contributed by atoms with Gasteiger partial charge in [0.25, 0.3) is 0 Å². The first kappa shape index (κ1) is 18.8. The molecule has 1 unspecified atom stereocenters. The summed E-state index contributed by atoms with van der Waals surface area (Å²) in [7, 11) is 0. The summed E-state index contributed by atoms with van der Waals surface area (Å²) in [5, 5.41) is 17.3. The van der Waals surface area contributed by atoms with Crippen LogP contribution in [-0.4, -0.2) is 33.1 Å². The van der Waals surface area contributed by atoms with E-state index in [1.165, 1.54) is 4.90 Å². The van der Waals surface area contributed by atoms with E-state index in [9.17, 15) is 9.59 Å². The van der Waals surface area contributed by atoms with E-state index >= 15 is 0 Å². The van der Waals surface area contributed by atoms with Crippen LogP contribution in [0.5, 0.6) is 0 Å². The number of rotatable bonds is 5. The molecular weight excluding hydrogens is 362 g/mol. The topological polar surface area (TPSA) is 82.3 Å². The highest BCUT2D eigenvalue weighted by atomic mass is 32.2. The van der Waals surface area contributed by atoms with Gasteiger partial charge in [-0.1, -0.05) is 59.8 Å². The van der Waals surface area contributed by atoms with Crippen LogP contribution in [0.3, 0.4) is 0 Å². The summed E-state index contributed by atoms with van der Waals surface area (Å²) >= 11 is 1.13. The van der Waals surface area contributed by atoms with E-state index in [0.717, 1.165) is 22.9 Å². The van der Waals surface area contributed by atoms with Crippen molar-refractivity contribution in [2.24, 2.45) is 10.2 Å². The number of carbonyl (C=O) groups is 2. The molecule has 0 spiro atoms. The summed E-state index contributed by atoms with van der Waals surface area (Å²) in [6, 6.07) is 17.0. The number of para-hydroxylation sites is 1. The second kappa shape index (κ2) is 8.18. The van der Waals surface area contributed by atoms with Gasteiger partial charge in [0.05, 0.1) is 17.8 Å². The molecule has 0 aliphatic carbocycles. The van der Waals surface area contributed by atoms with Gasteiger partial charge in [-0.2, -0.15) is 5.10 Å². The number of amides is 1. The largest absolute Gasteiger partial charge is 0.481 e. The molecule has 138 valence electrons. The number of benzene rings is 2. The van der Waals surface area contributed by atoms with Crippen LogP contribution in [-0.2, 0) is 9.59 Å². The SMILES string of the molecule is C/C(=N\N=C1\SC(CC(=O)O)C(=O)N1c1ccccc1)c1ccc(C)cc1. The van der Waals surface area contributed by atoms with E-state index < -0.39 is 11.2 Å². The first-order chi connectivity index (χ1) is 13.0. The fourth-order valence-corrected chi connectivity index (χ4v) is 3.68. The zero-order valence-electron chi connectivity index (χ0n) is 15.0. The zero-order valence-corrected chi connectivity index (χ0v) is 15.8. The van der Waals surface area contributed by atoms with Gasteiger partial charge in [0.1, 0.15) is 5.25 Å². The number of thioether (sulfide) groups is 1. The lowest BCUT2D eigenvalue weighted by Crippen LogP contribution is -2.32. The van der Waals surface area contributed by atoms with Crippen molar-refractivity contribution in [3.63, 3.8) is 0 Å². The van der Waals surface area contributed by atoms with Crippen molar-refractivity contribution in [2.45, 2.75) is 25.5 Å². The Morgan fingerprint density at radius 2 is 1.81 bits per heavy atom. The zero-order chi connectivity index (χ0) is 19.4. The lowest BCUT2D eigenvalue weighted by Gasteiger charge is -2.15. The van der Waals surface area contributed by atoms with Gasteiger partial charge in [-0.15, -0.1) is 5.10 Å². The van der Waals surface area contributed by atoms with Crippen LogP contribution in [0.1, 0.15) is 24.5 Å². The van der Waals surface area contributed by atoms with Gasteiger partial charge in [-0.3, -0.25) is 14.5 Å². The maximum atomic E-state index is 12.7. The summed E-state index contributed by atoms with van der Waals surface area (Å²) in [6.45, 7) is 3.86. The Balaban J connectivity index is 1.93. The van der Waals surface area contributed by atoms with E-state index in [0.29, 0.717) is 16.6 Å². The molecule has 1 aliphatic rings. The molecule has 27 heavy (non-hydrogen) atoms. The van der Waals surface area contributed by atoms with Crippen LogP contribution in [0.15, 0.2) is 64.8 Å². The Hall–Kier alpha value is -2.93. The molecule has 0 bridgehead atoms. The Kier molecular flexibility index (Phi) is 5.71. The molecule has 1 amide bonds. The third-order valence-corrected chi connectivity index (χ3v) is 5.19. The van der Waals surface area contributed by atoms with Gasteiger partial charge in [0, 0.05) is 0 Å². The summed E-state index contributed by atoms with van der Waals surface area (Å²) in [5.41, 5.74) is 3.45. The predicted octanol–water partition coefficient (Wildman–Crippen LogP) is 3.70. The number of carbonyl (C=O) groups excluding carboxylic acids is 1. The molecule has 2 aromatic carbocycles. The van der Waals surface area contributed by atoms with Crippen LogP contribution in [0.2, 0.25) is 0 Å². The molecule has 2 aromatic rings. The summed E-state index contributed by atoms with van der Waals surface area (Å²) in [6.07, 6.45) is -0.257. The highest BCUT2D eigenvalue weighted by Gasteiger charge is 2.40. The molecule has 1 N–H and O–H groups in total. The monoisotopic (exact) mass is 381 g/mol. The van der Waals surface area contributed by atoms with E-state index in [1.54, 1.807) is 12.1 Å². The van der Waals surface area contributed by atoms with Gasteiger partial charge in [-0.05, 0) is 31.5 Å². The number of hydrogen-bond acceptors (Lipinski definition) is 5. The summed E-state index contributed by atoms with van der Waals surface area (Å²) in [5.74, 6) is -1.31. The maximum absolute atomic E-state index is 12.7. The van der Waals surface area contributed by atoms with Gasteiger partial charge in [-0.25, -0.2) is 0 Å². The van der Waals surface area contributed by atoms with Crippen LogP contribution < -0.4 is 4.90 Å². The quantitative estimate of drug-likeness (QED) is 0.632. The predicted molar refractivity (Wildman–Crippen MR) is 108 cm³/mol. The van der Waals surface area contributed by atoms with Crippen LogP contribution in [0.4, 0.5) is 5.69 Å². The molecule has 1 fully saturated rings. The van der Waals surface area contributed by atoms with Crippen molar-refractivity contribution in [3.05, 3.63) is 65.7 Å².